The van der Waals surface area contributed by atoms with Crippen molar-refractivity contribution in [1.29, 1.82) is 0 Å². The van der Waals surface area contributed by atoms with Crippen LogP contribution in [0.15, 0.2) is 63.1 Å². The molecule has 0 radical (unpaired) electrons. The van der Waals surface area contributed by atoms with E-state index in [1.807, 2.05) is 30.3 Å². The van der Waals surface area contributed by atoms with Crippen molar-refractivity contribution in [3.63, 3.8) is 0 Å². The van der Waals surface area contributed by atoms with Gasteiger partial charge in [0.1, 0.15) is 10.4 Å². The molecule has 0 saturated heterocycles. The van der Waals surface area contributed by atoms with E-state index < -0.39 is 5.69 Å². The van der Waals surface area contributed by atoms with Gasteiger partial charge < -0.3 is 0 Å². The van der Waals surface area contributed by atoms with Crippen LogP contribution in [0.1, 0.15) is 16.7 Å². The van der Waals surface area contributed by atoms with Gasteiger partial charge in [0.15, 0.2) is 11.5 Å². The molecular formula is C23H22N4O2S. The third-order valence-corrected chi connectivity index (χ3v) is 6.19. The largest absolute Gasteiger partial charge is 0.332 e. The van der Waals surface area contributed by atoms with Gasteiger partial charge in [0, 0.05) is 25.4 Å². The van der Waals surface area contributed by atoms with Crippen molar-refractivity contribution in [3.05, 3.63) is 86.1 Å². The van der Waals surface area contributed by atoms with Crippen molar-refractivity contribution in [3.8, 4) is 11.4 Å². The van der Waals surface area contributed by atoms with Crippen LogP contribution in [0.2, 0.25) is 0 Å². The van der Waals surface area contributed by atoms with E-state index in [1.165, 1.54) is 40.1 Å². The molecule has 0 bridgehead atoms. The summed E-state index contributed by atoms with van der Waals surface area (Å²) in [7, 11) is 3.11. The van der Waals surface area contributed by atoms with Crippen molar-refractivity contribution in [2.45, 2.75) is 24.6 Å². The first-order valence-corrected chi connectivity index (χ1v) is 10.6. The molecule has 152 valence electrons. The van der Waals surface area contributed by atoms with E-state index in [0.717, 1.165) is 10.1 Å². The van der Waals surface area contributed by atoms with Crippen LogP contribution in [-0.4, -0.2) is 19.1 Å². The van der Waals surface area contributed by atoms with Crippen molar-refractivity contribution >= 4 is 22.8 Å². The van der Waals surface area contributed by atoms with Gasteiger partial charge in [-0.3, -0.25) is 13.9 Å². The molecule has 4 aromatic rings. The van der Waals surface area contributed by atoms with Crippen LogP contribution in [-0.2, 0) is 19.8 Å². The number of hydrogen-bond donors (Lipinski definition) is 0. The molecule has 0 fully saturated rings. The lowest BCUT2D eigenvalue weighted by atomic mass is 10.1. The number of nitrogens with zero attached hydrogens (tertiary/aromatic N) is 4. The van der Waals surface area contributed by atoms with Crippen LogP contribution in [0.5, 0.6) is 0 Å². The Labute approximate surface area is 178 Å². The van der Waals surface area contributed by atoms with Gasteiger partial charge in [0.2, 0.25) is 0 Å². The van der Waals surface area contributed by atoms with Gasteiger partial charge in [0.05, 0.1) is 0 Å². The smallest absolute Gasteiger partial charge is 0.280 e. The lowest BCUT2D eigenvalue weighted by Gasteiger charge is -2.13. The first-order chi connectivity index (χ1) is 14.4. The summed E-state index contributed by atoms with van der Waals surface area (Å²) >= 11 is 1.49. The van der Waals surface area contributed by atoms with E-state index >= 15 is 0 Å². The van der Waals surface area contributed by atoms with Crippen LogP contribution in [0.4, 0.5) is 0 Å². The normalized spacial score (nSPS) is 11.2. The molecule has 0 unspecified atom stereocenters. The molecule has 0 N–H and O–H groups in total. The zero-order valence-electron chi connectivity index (χ0n) is 17.3. The Hall–Kier alpha value is -3.19. The third kappa shape index (κ3) is 3.57. The van der Waals surface area contributed by atoms with Crippen molar-refractivity contribution in [1.82, 2.24) is 19.1 Å². The van der Waals surface area contributed by atoms with Crippen LogP contribution in [0.3, 0.4) is 0 Å². The van der Waals surface area contributed by atoms with Crippen molar-refractivity contribution < 1.29 is 0 Å². The maximum Gasteiger partial charge on any atom is 0.332 e. The van der Waals surface area contributed by atoms with E-state index in [9.17, 15) is 9.59 Å². The Morgan fingerprint density at radius 3 is 2.40 bits per heavy atom. The number of fused-ring (bicyclic) bond motifs is 1. The SMILES string of the molecule is Cc1ccc(C)c(CSc2nc(-c3ccccc3)nc3c2c(=O)n(C)c(=O)n3C)c1. The fraction of sp³-hybridized carbons (Fsp3) is 0.217. The minimum Gasteiger partial charge on any atom is -0.280 e. The second-order valence-electron chi connectivity index (χ2n) is 7.34. The van der Waals surface area contributed by atoms with Crippen molar-refractivity contribution in [2.75, 3.05) is 0 Å². The first-order valence-electron chi connectivity index (χ1n) is 9.59. The first kappa shape index (κ1) is 20.1. The summed E-state index contributed by atoms with van der Waals surface area (Å²) in [6.45, 7) is 4.14. The molecule has 0 spiro atoms. The molecule has 2 heterocycles. The molecule has 0 aliphatic heterocycles. The molecule has 0 aliphatic carbocycles. The average Bonchev–Trinajstić information content (AvgIpc) is 2.76. The molecule has 2 aromatic heterocycles. The highest BCUT2D eigenvalue weighted by Gasteiger charge is 2.18. The number of aryl methyl sites for hydroxylation is 3. The van der Waals surface area contributed by atoms with Gasteiger partial charge in [-0.1, -0.05) is 54.1 Å². The van der Waals surface area contributed by atoms with Crippen LogP contribution >= 0.6 is 11.8 Å². The molecule has 6 nitrogen and oxygen atoms in total. The summed E-state index contributed by atoms with van der Waals surface area (Å²) < 4.78 is 2.52. The topological polar surface area (TPSA) is 69.8 Å². The van der Waals surface area contributed by atoms with Crippen molar-refractivity contribution in [2.24, 2.45) is 14.1 Å². The number of benzene rings is 2. The Morgan fingerprint density at radius 2 is 1.67 bits per heavy atom. The Kier molecular flexibility index (Phi) is 5.30. The Balaban J connectivity index is 1.93. The highest BCUT2D eigenvalue weighted by Crippen LogP contribution is 2.29. The Bertz CT molecular complexity index is 1370. The fourth-order valence-corrected chi connectivity index (χ4v) is 4.43. The standard InChI is InChI=1S/C23H22N4O2S/c1-14-10-11-15(2)17(12-14)13-30-21-18-20(26(3)23(29)27(4)22(18)28)24-19(25-21)16-8-6-5-7-9-16/h5-12H,13H2,1-4H3. The van der Waals surface area contributed by atoms with Gasteiger partial charge in [-0.15, -0.1) is 11.8 Å². The number of aromatic nitrogens is 4. The molecular weight excluding hydrogens is 396 g/mol. The Morgan fingerprint density at radius 1 is 0.933 bits per heavy atom. The number of thioether (sulfide) groups is 1. The summed E-state index contributed by atoms with van der Waals surface area (Å²) in [6, 6.07) is 15.9. The molecule has 0 atom stereocenters. The van der Waals surface area contributed by atoms with E-state index in [4.69, 9.17) is 4.98 Å². The molecule has 7 heteroatoms. The van der Waals surface area contributed by atoms with Gasteiger partial charge in [-0.05, 0) is 25.0 Å². The summed E-state index contributed by atoms with van der Waals surface area (Å²) in [6.07, 6.45) is 0. The highest BCUT2D eigenvalue weighted by atomic mass is 32.2. The maximum atomic E-state index is 13.0. The third-order valence-electron chi connectivity index (χ3n) is 5.17. The summed E-state index contributed by atoms with van der Waals surface area (Å²) in [5.74, 6) is 1.16. The number of hydrogen-bond acceptors (Lipinski definition) is 5. The molecule has 2 aromatic carbocycles. The summed E-state index contributed by atoms with van der Waals surface area (Å²) in [5.41, 5.74) is 3.96. The lowest BCUT2D eigenvalue weighted by Crippen LogP contribution is -2.37. The van der Waals surface area contributed by atoms with E-state index in [1.54, 1.807) is 7.05 Å². The quantitative estimate of drug-likeness (QED) is 0.374. The summed E-state index contributed by atoms with van der Waals surface area (Å²) in [5, 5.41) is 0.950. The lowest BCUT2D eigenvalue weighted by molar-refractivity contribution is 0.703. The highest BCUT2D eigenvalue weighted by molar-refractivity contribution is 7.98. The minimum absolute atomic E-state index is 0.348. The second kappa shape index (κ2) is 7.91. The van der Waals surface area contributed by atoms with Gasteiger partial charge in [-0.25, -0.2) is 14.8 Å². The molecule has 30 heavy (non-hydrogen) atoms. The predicted molar refractivity (Wildman–Crippen MR) is 121 cm³/mol. The maximum absolute atomic E-state index is 13.0. The van der Waals surface area contributed by atoms with E-state index in [0.29, 0.717) is 27.6 Å². The fourth-order valence-electron chi connectivity index (χ4n) is 3.35. The van der Waals surface area contributed by atoms with Crippen LogP contribution < -0.4 is 11.2 Å². The molecule has 0 aliphatic rings. The van der Waals surface area contributed by atoms with E-state index in [2.05, 4.69) is 37.0 Å². The number of rotatable bonds is 4. The zero-order chi connectivity index (χ0) is 21.4. The van der Waals surface area contributed by atoms with Gasteiger partial charge >= 0.3 is 5.69 Å². The predicted octanol–water partition coefficient (Wildman–Crippen LogP) is 3.60. The van der Waals surface area contributed by atoms with Gasteiger partial charge in [-0.2, -0.15) is 0 Å². The zero-order valence-corrected chi connectivity index (χ0v) is 18.2. The average molecular weight is 419 g/mol. The van der Waals surface area contributed by atoms with Crippen LogP contribution in [0, 0.1) is 13.8 Å². The summed E-state index contributed by atoms with van der Waals surface area (Å²) in [4.78, 5) is 34.8. The van der Waals surface area contributed by atoms with E-state index in [-0.39, 0.29) is 5.56 Å². The molecule has 0 amide bonds. The van der Waals surface area contributed by atoms with Gasteiger partial charge in [0.25, 0.3) is 5.56 Å². The van der Waals surface area contributed by atoms with Crippen LogP contribution in [0.25, 0.3) is 22.4 Å². The monoisotopic (exact) mass is 418 g/mol. The second-order valence-corrected chi connectivity index (χ2v) is 8.31. The minimum atomic E-state index is -0.407. The molecule has 0 saturated carbocycles. The molecule has 4 rings (SSSR count).